The maximum absolute atomic E-state index is 9.98. The molecule has 4 nitrogen and oxygen atoms in total. The number of hydrogen-bond donors (Lipinski definition) is 2. The first-order valence-electron chi connectivity index (χ1n) is 7.37. The van der Waals surface area contributed by atoms with Crippen LogP contribution in [0.4, 0.5) is 0 Å². The number of aliphatic hydroxyl groups excluding tert-OH is 1. The van der Waals surface area contributed by atoms with Gasteiger partial charge < -0.3 is 15.0 Å². The number of fused-ring (bicyclic) bond motifs is 1. The van der Waals surface area contributed by atoms with E-state index >= 15 is 0 Å². The average Bonchev–Trinajstić information content (AvgIpc) is 2.89. The summed E-state index contributed by atoms with van der Waals surface area (Å²) in [5.74, 6) is 0. The number of imidazole rings is 1. The molecular formula is C15H21Br2Cl2N3O. The van der Waals surface area contributed by atoms with E-state index in [0.717, 1.165) is 58.8 Å². The minimum atomic E-state index is -0.195. The lowest BCUT2D eigenvalue weighted by Crippen LogP contribution is -2.44. The van der Waals surface area contributed by atoms with E-state index in [1.807, 2.05) is 18.5 Å². The SMILES string of the molecule is Cl.Cl.O[C@H]1CCCN[C@@H]1CCCn1cnc2ccc(Br)c(Br)c21. The molecule has 0 aliphatic carbocycles. The first-order chi connectivity index (χ1) is 10.2. The van der Waals surface area contributed by atoms with E-state index < -0.39 is 0 Å². The van der Waals surface area contributed by atoms with Crippen LogP contribution < -0.4 is 5.32 Å². The minimum absolute atomic E-state index is 0. The van der Waals surface area contributed by atoms with E-state index in [0.29, 0.717) is 0 Å². The Morgan fingerprint density at radius 1 is 1.30 bits per heavy atom. The number of halogens is 4. The van der Waals surface area contributed by atoms with Gasteiger partial charge in [0.15, 0.2) is 0 Å². The summed E-state index contributed by atoms with van der Waals surface area (Å²) in [7, 11) is 0. The molecule has 0 bridgehead atoms. The Balaban J connectivity index is 0.00000132. The van der Waals surface area contributed by atoms with Crippen molar-refractivity contribution in [3.63, 3.8) is 0 Å². The Kier molecular flexibility index (Phi) is 8.83. The summed E-state index contributed by atoms with van der Waals surface area (Å²) in [4.78, 5) is 4.45. The van der Waals surface area contributed by atoms with Gasteiger partial charge in [-0.15, -0.1) is 24.8 Å². The summed E-state index contributed by atoms with van der Waals surface area (Å²) in [6.45, 7) is 1.94. The second-order valence-corrected chi connectivity index (χ2v) is 7.23. The highest BCUT2D eigenvalue weighted by atomic mass is 79.9. The van der Waals surface area contributed by atoms with Crippen LogP contribution in [0.2, 0.25) is 0 Å². The van der Waals surface area contributed by atoms with Gasteiger partial charge in [-0.05, 0) is 76.2 Å². The van der Waals surface area contributed by atoms with Crippen LogP contribution in [0.3, 0.4) is 0 Å². The highest BCUT2D eigenvalue weighted by Gasteiger charge is 2.21. The summed E-state index contributed by atoms with van der Waals surface area (Å²) in [5, 5.41) is 13.4. The quantitative estimate of drug-likeness (QED) is 0.673. The number of benzene rings is 1. The third-order valence-electron chi connectivity index (χ3n) is 4.13. The molecule has 1 fully saturated rings. The molecule has 1 aromatic heterocycles. The van der Waals surface area contributed by atoms with Crippen molar-refractivity contribution < 1.29 is 5.11 Å². The lowest BCUT2D eigenvalue weighted by Gasteiger charge is -2.29. The van der Waals surface area contributed by atoms with Crippen molar-refractivity contribution in [1.29, 1.82) is 0 Å². The van der Waals surface area contributed by atoms with Crippen LogP contribution in [-0.2, 0) is 6.54 Å². The van der Waals surface area contributed by atoms with Crippen LogP contribution in [-0.4, -0.2) is 33.3 Å². The topological polar surface area (TPSA) is 50.1 Å². The molecule has 2 heterocycles. The van der Waals surface area contributed by atoms with Gasteiger partial charge in [0.2, 0.25) is 0 Å². The molecule has 1 aliphatic heterocycles. The number of aromatic nitrogens is 2. The van der Waals surface area contributed by atoms with Gasteiger partial charge in [0.25, 0.3) is 0 Å². The number of rotatable bonds is 4. The third-order valence-corrected chi connectivity index (χ3v) is 6.13. The number of aryl methyl sites for hydroxylation is 1. The molecule has 2 atom stereocenters. The molecule has 1 aromatic carbocycles. The van der Waals surface area contributed by atoms with Gasteiger partial charge in [0, 0.05) is 17.1 Å². The number of piperidine rings is 1. The molecule has 23 heavy (non-hydrogen) atoms. The van der Waals surface area contributed by atoms with Crippen molar-refractivity contribution in [3.8, 4) is 0 Å². The van der Waals surface area contributed by atoms with Gasteiger partial charge in [0.1, 0.15) is 0 Å². The zero-order chi connectivity index (χ0) is 14.8. The highest BCUT2D eigenvalue weighted by molar-refractivity contribution is 9.13. The number of aliphatic hydroxyl groups is 1. The summed E-state index contributed by atoms with van der Waals surface area (Å²) < 4.78 is 4.27. The van der Waals surface area contributed by atoms with Crippen molar-refractivity contribution in [1.82, 2.24) is 14.9 Å². The van der Waals surface area contributed by atoms with Crippen LogP contribution in [0.15, 0.2) is 27.4 Å². The predicted molar refractivity (Wildman–Crippen MR) is 106 cm³/mol. The predicted octanol–water partition coefficient (Wildman–Crippen LogP) is 4.30. The van der Waals surface area contributed by atoms with E-state index in [4.69, 9.17) is 0 Å². The maximum atomic E-state index is 9.98. The first-order valence-corrected chi connectivity index (χ1v) is 8.95. The summed E-state index contributed by atoms with van der Waals surface area (Å²) in [6.07, 6.45) is 5.71. The van der Waals surface area contributed by atoms with E-state index in [-0.39, 0.29) is 37.0 Å². The second kappa shape index (κ2) is 9.59. The zero-order valence-electron chi connectivity index (χ0n) is 12.5. The first kappa shape index (κ1) is 21.2. The van der Waals surface area contributed by atoms with Gasteiger partial charge in [-0.3, -0.25) is 0 Å². The van der Waals surface area contributed by atoms with Crippen LogP contribution in [0.1, 0.15) is 25.7 Å². The Morgan fingerprint density at radius 3 is 2.83 bits per heavy atom. The maximum Gasteiger partial charge on any atom is 0.0958 e. The van der Waals surface area contributed by atoms with Gasteiger partial charge in [-0.2, -0.15) is 0 Å². The smallest absolute Gasteiger partial charge is 0.0958 e. The standard InChI is InChI=1S/C15H19Br2N3O.2ClH/c16-10-5-6-12-15(14(10)17)20(9-19-12)8-2-3-11-13(21)4-1-7-18-11;;/h5-6,9,11,13,18,21H,1-4,7-8H2;2*1H/t11-,13+;;/m1../s1. The molecule has 2 N–H and O–H groups in total. The van der Waals surface area contributed by atoms with Crippen molar-refractivity contribution in [2.45, 2.75) is 44.4 Å². The summed E-state index contributed by atoms with van der Waals surface area (Å²) in [5.41, 5.74) is 2.13. The Morgan fingerprint density at radius 2 is 2.09 bits per heavy atom. The molecule has 2 aromatic rings. The van der Waals surface area contributed by atoms with Crippen molar-refractivity contribution in [2.24, 2.45) is 0 Å². The monoisotopic (exact) mass is 487 g/mol. The molecular weight excluding hydrogens is 469 g/mol. The minimum Gasteiger partial charge on any atom is -0.392 e. The summed E-state index contributed by atoms with van der Waals surface area (Å²) in [6, 6.07) is 4.27. The average molecular weight is 490 g/mol. The molecule has 3 rings (SSSR count). The third kappa shape index (κ3) is 4.83. The van der Waals surface area contributed by atoms with E-state index in [2.05, 4.69) is 46.7 Å². The largest absolute Gasteiger partial charge is 0.392 e. The molecule has 0 amide bonds. The van der Waals surface area contributed by atoms with Gasteiger partial charge >= 0.3 is 0 Å². The van der Waals surface area contributed by atoms with Crippen molar-refractivity contribution >= 4 is 67.7 Å². The fourth-order valence-electron chi connectivity index (χ4n) is 2.98. The van der Waals surface area contributed by atoms with Gasteiger partial charge in [0.05, 0.1) is 27.9 Å². The van der Waals surface area contributed by atoms with Crippen LogP contribution in [0, 0.1) is 0 Å². The van der Waals surface area contributed by atoms with Crippen LogP contribution in [0.25, 0.3) is 11.0 Å². The van der Waals surface area contributed by atoms with Crippen LogP contribution >= 0.6 is 56.7 Å². The molecule has 8 heteroatoms. The van der Waals surface area contributed by atoms with E-state index in [9.17, 15) is 5.11 Å². The fraction of sp³-hybridized carbons (Fsp3) is 0.533. The summed E-state index contributed by atoms with van der Waals surface area (Å²) >= 11 is 7.17. The Labute approximate surface area is 165 Å². The number of nitrogens with zero attached hydrogens (tertiary/aromatic N) is 2. The molecule has 130 valence electrons. The van der Waals surface area contributed by atoms with Crippen molar-refractivity contribution in [3.05, 3.63) is 27.4 Å². The van der Waals surface area contributed by atoms with E-state index in [1.54, 1.807) is 0 Å². The Bertz CT molecular complexity index is 638. The lowest BCUT2D eigenvalue weighted by molar-refractivity contribution is 0.0909. The fourth-order valence-corrected chi connectivity index (χ4v) is 3.86. The van der Waals surface area contributed by atoms with Gasteiger partial charge in [-0.1, -0.05) is 0 Å². The molecule has 0 unspecified atom stereocenters. The van der Waals surface area contributed by atoms with E-state index in [1.165, 1.54) is 0 Å². The number of nitrogens with one attached hydrogen (secondary N) is 1. The zero-order valence-corrected chi connectivity index (χ0v) is 17.3. The molecule has 0 saturated carbocycles. The van der Waals surface area contributed by atoms with Crippen LogP contribution in [0.5, 0.6) is 0 Å². The molecule has 0 spiro atoms. The molecule has 1 aliphatic rings. The Hall–Kier alpha value is 0.150. The number of hydrogen-bond acceptors (Lipinski definition) is 3. The highest BCUT2D eigenvalue weighted by Crippen LogP contribution is 2.31. The lowest BCUT2D eigenvalue weighted by atomic mass is 9.97. The van der Waals surface area contributed by atoms with Crippen molar-refractivity contribution in [2.75, 3.05) is 6.54 Å². The second-order valence-electron chi connectivity index (χ2n) is 5.58. The van der Waals surface area contributed by atoms with Gasteiger partial charge in [-0.25, -0.2) is 4.98 Å². The molecule has 0 radical (unpaired) electrons. The normalized spacial score (nSPS) is 20.8. The molecule has 1 saturated heterocycles.